The van der Waals surface area contributed by atoms with Gasteiger partial charge >= 0.3 is 0 Å². The van der Waals surface area contributed by atoms with E-state index < -0.39 is 21.5 Å². The molecular weight excluding hydrogens is 306 g/mol. The quantitative estimate of drug-likeness (QED) is 0.580. The predicted octanol–water partition coefficient (Wildman–Crippen LogP) is 1.40. The van der Waals surface area contributed by atoms with Crippen molar-refractivity contribution >= 4 is 21.4 Å². The van der Waals surface area contributed by atoms with Gasteiger partial charge in [-0.1, -0.05) is 0 Å². The summed E-state index contributed by atoms with van der Waals surface area (Å²) in [6.45, 7) is 0. The molecule has 1 aromatic carbocycles. The number of carbonyl (C=O) groups excluding carboxylic acids is 2. The minimum atomic E-state index is -3.60. The Balaban J connectivity index is 2.42. The molecule has 0 heterocycles. The Kier molecular flexibility index (Phi) is 4.33. The van der Waals surface area contributed by atoms with E-state index in [9.17, 15) is 18.0 Å². The van der Waals surface area contributed by atoms with E-state index in [1.54, 1.807) is 6.07 Å². The first kappa shape index (κ1) is 16.2. The van der Waals surface area contributed by atoms with Crippen LogP contribution in [0.25, 0.3) is 0 Å². The summed E-state index contributed by atoms with van der Waals surface area (Å²) in [4.78, 5) is 24.2. The highest BCUT2D eigenvalue weighted by Gasteiger charge is 2.38. The number of carbonyl (C=O) groups is 2. The second-order valence-corrected chi connectivity index (χ2v) is 7.22. The zero-order valence-electron chi connectivity index (χ0n) is 12.2. The normalized spacial score (nSPS) is 15.7. The standard InChI is InChI=1S/C15H15NO5S/c1-21-12-6-5-10(7-13(12)22(2,19)20)15(18)11(8-16)14(17)9-3-4-9/h5-7,9,11H,3-4H2,1-2H3. The monoisotopic (exact) mass is 321 g/mol. The molecule has 0 N–H and O–H groups in total. The molecule has 1 aromatic rings. The molecule has 0 saturated heterocycles. The van der Waals surface area contributed by atoms with Gasteiger partial charge in [0, 0.05) is 17.7 Å². The number of benzene rings is 1. The number of methoxy groups -OCH3 is 1. The molecular formula is C15H15NO5S. The molecule has 6 nitrogen and oxygen atoms in total. The number of hydrogen-bond donors (Lipinski definition) is 0. The first-order valence-electron chi connectivity index (χ1n) is 6.65. The summed E-state index contributed by atoms with van der Waals surface area (Å²) in [5.41, 5.74) is 0.0155. The van der Waals surface area contributed by atoms with E-state index in [1.165, 1.54) is 19.2 Å². The average molecular weight is 321 g/mol. The molecule has 7 heteroatoms. The molecule has 0 aromatic heterocycles. The van der Waals surface area contributed by atoms with E-state index in [-0.39, 0.29) is 27.9 Å². The molecule has 0 radical (unpaired) electrons. The van der Waals surface area contributed by atoms with E-state index in [1.807, 2.05) is 0 Å². The van der Waals surface area contributed by atoms with Gasteiger partial charge in [0.2, 0.25) is 0 Å². The second kappa shape index (κ2) is 5.89. The Morgan fingerprint density at radius 1 is 1.36 bits per heavy atom. The van der Waals surface area contributed by atoms with Crippen molar-refractivity contribution in [1.82, 2.24) is 0 Å². The summed E-state index contributed by atoms with van der Waals surface area (Å²) >= 11 is 0. The fourth-order valence-electron chi connectivity index (χ4n) is 2.14. The van der Waals surface area contributed by atoms with Crippen LogP contribution in [0.2, 0.25) is 0 Å². The Morgan fingerprint density at radius 3 is 2.45 bits per heavy atom. The Bertz CT molecular complexity index is 772. The molecule has 116 valence electrons. The Hall–Kier alpha value is -2.20. The number of sulfone groups is 1. The minimum Gasteiger partial charge on any atom is -0.495 e. The lowest BCUT2D eigenvalue weighted by atomic mass is 9.92. The van der Waals surface area contributed by atoms with Crippen LogP contribution in [0.4, 0.5) is 0 Å². The van der Waals surface area contributed by atoms with Gasteiger partial charge < -0.3 is 4.74 Å². The summed E-state index contributed by atoms with van der Waals surface area (Å²) in [6, 6.07) is 5.59. The van der Waals surface area contributed by atoms with Crippen molar-refractivity contribution in [2.45, 2.75) is 17.7 Å². The number of rotatable bonds is 6. The van der Waals surface area contributed by atoms with E-state index in [0.29, 0.717) is 12.8 Å². The number of nitriles is 1. The molecule has 0 aliphatic heterocycles. The maximum Gasteiger partial charge on any atom is 0.187 e. The van der Waals surface area contributed by atoms with Crippen LogP contribution in [0.15, 0.2) is 23.1 Å². The highest BCUT2D eigenvalue weighted by molar-refractivity contribution is 7.90. The number of Topliss-reactive ketones (excluding diaryl/α,β-unsaturated/α-hetero) is 2. The van der Waals surface area contributed by atoms with Crippen LogP contribution in [0.3, 0.4) is 0 Å². The minimum absolute atomic E-state index is 0.0155. The van der Waals surface area contributed by atoms with Crippen LogP contribution in [0.1, 0.15) is 23.2 Å². The zero-order chi connectivity index (χ0) is 16.5. The van der Waals surface area contributed by atoms with Crippen LogP contribution in [0.5, 0.6) is 5.75 Å². The van der Waals surface area contributed by atoms with E-state index in [2.05, 4.69) is 0 Å². The molecule has 1 saturated carbocycles. The molecule has 1 unspecified atom stereocenters. The molecule has 1 fully saturated rings. The van der Waals surface area contributed by atoms with E-state index >= 15 is 0 Å². The third-order valence-electron chi connectivity index (χ3n) is 3.50. The lowest BCUT2D eigenvalue weighted by molar-refractivity contribution is -0.121. The SMILES string of the molecule is COc1ccc(C(=O)C(C#N)C(=O)C2CC2)cc1S(C)(=O)=O. The van der Waals surface area contributed by atoms with Crippen LogP contribution in [-0.2, 0) is 14.6 Å². The molecule has 22 heavy (non-hydrogen) atoms. The van der Waals surface area contributed by atoms with Gasteiger partial charge in [0.15, 0.2) is 27.3 Å². The number of ketones is 2. The van der Waals surface area contributed by atoms with Crippen LogP contribution < -0.4 is 4.74 Å². The fourth-order valence-corrected chi connectivity index (χ4v) is 3.00. The van der Waals surface area contributed by atoms with E-state index in [4.69, 9.17) is 10.00 Å². The van der Waals surface area contributed by atoms with Crippen molar-refractivity contribution in [3.8, 4) is 11.8 Å². The topological polar surface area (TPSA) is 101 Å². The fraction of sp³-hybridized carbons (Fsp3) is 0.400. The summed E-state index contributed by atoms with van der Waals surface area (Å²) in [5.74, 6) is -2.55. The van der Waals surface area contributed by atoms with Gasteiger partial charge in [-0.3, -0.25) is 9.59 Å². The third-order valence-corrected chi connectivity index (χ3v) is 4.62. The van der Waals surface area contributed by atoms with Gasteiger partial charge in [-0.05, 0) is 31.0 Å². The van der Waals surface area contributed by atoms with Gasteiger partial charge in [-0.2, -0.15) is 5.26 Å². The van der Waals surface area contributed by atoms with Gasteiger partial charge in [-0.25, -0.2) is 8.42 Å². The third kappa shape index (κ3) is 3.17. The summed E-state index contributed by atoms with van der Waals surface area (Å²) in [7, 11) is -2.28. The molecule has 0 bridgehead atoms. The van der Waals surface area contributed by atoms with Crippen LogP contribution in [-0.4, -0.2) is 33.3 Å². The predicted molar refractivity (Wildman–Crippen MR) is 77.3 cm³/mol. The number of ether oxygens (including phenoxy) is 1. The second-order valence-electron chi connectivity index (χ2n) is 5.24. The van der Waals surface area contributed by atoms with Crippen molar-refractivity contribution in [3.05, 3.63) is 23.8 Å². The highest BCUT2D eigenvalue weighted by atomic mass is 32.2. The van der Waals surface area contributed by atoms with Crippen LogP contribution in [0, 0.1) is 23.2 Å². The maximum atomic E-state index is 12.3. The van der Waals surface area contributed by atoms with E-state index in [0.717, 1.165) is 12.3 Å². The number of nitrogens with zero attached hydrogens (tertiary/aromatic N) is 1. The van der Waals surface area contributed by atoms with Crippen molar-refractivity contribution in [1.29, 1.82) is 5.26 Å². The number of hydrogen-bond acceptors (Lipinski definition) is 6. The lowest BCUT2D eigenvalue weighted by Crippen LogP contribution is -2.24. The Morgan fingerprint density at radius 2 is 2.00 bits per heavy atom. The molecule has 0 spiro atoms. The maximum absolute atomic E-state index is 12.3. The molecule has 2 rings (SSSR count). The van der Waals surface area contributed by atoms with Gasteiger partial charge in [-0.15, -0.1) is 0 Å². The first-order chi connectivity index (χ1) is 10.3. The van der Waals surface area contributed by atoms with Crippen molar-refractivity contribution < 1.29 is 22.7 Å². The molecule has 1 aliphatic carbocycles. The van der Waals surface area contributed by atoms with Crippen molar-refractivity contribution in [2.75, 3.05) is 13.4 Å². The molecule has 1 atom stereocenters. The zero-order valence-corrected chi connectivity index (χ0v) is 13.0. The lowest BCUT2D eigenvalue weighted by Gasteiger charge is -2.11. The summed E-state index contributed by atoms with van der Waals surface area (Å²) in [6.07, 6.45) is 2.39. The van der Waals surface area contributed by atoms with Crippen molar-refractivity contribution in [2.24, 2.45) is 11.8 Å². The van der Waals surface area contributed by atoms with Gasteiger partial charge in [0.1, 0.15) is 10.6 Å². The molecule has 0 amide bonds. The highest BCUT2D eigenvalue weighted by Crippen LogP contribution is 2.33. The molecule has 1 aliphatic rings. The van der Waals surface area contributed by atoms with Gasteiger partial charge in [0.25, 0.3) is 0 Å². The van der Waals surface area contributed by atoms with Crippen molar-refractivity contribution in [3.63, 3.8) is 0 Å². The Labute approximate surface area is 128 Å². The average Bonchev–Trinajstić information content (AvgIpc) is 3.30. The summed E-state index contributed by atoms with van der Waals surface area (Å²) < 4.78 is 28.5. The van der Waals surface area contributed by atoms with Gasteiger partial charge in [0.05, 0.1) is 13.2 Å². The largest absolute Gasteiger partial charge is 0.495 e. The summed E-state index contributed by atoms with van der Waals surface area (Å²) in [5, 5.41) is 9.10. The first-order valence-corrected chi connectivity index (χ1v) is 8.54. The smallest absolute Gasteiger partial charge is 0.187 e. The van der Waals surface area contributed by atoms with Crippen LogP contribution >= 0.6 is 0 Å².